The number of halogens is 1. The van der Waals surface area contributed by atoms with Crippen molar-refractivity contribution in [3.63, 3.8) is 0 Å². The lowest BCUT2D eigenvalue weighted by Crippen LogP contribution is -2.44. The molecule has 0 bridgehead atoms. The number of hydrogen-bond donors (Lipinski definition) is 5. The number of benzene rings is 1. The van der Waals surface area contributed by atoms with Gasteiger partial charge >= 0.3 is 5.69 Å². The highest BCUT2D eigenvalue weighted by Gasteiger charge is 2.39. The first-order valence-electron chi connectivity index (χ1n) is 21.4. The minimum Gasteiger partial charge on any atom is -0.385 e. The Labute approximate surface area is 370 Å². The number of rotatable bonds is 20. The fourth-order valence-corrected chi connectivity index (χ4v) is 7.76. The van der Waals surface area contributed by atoms with Crippen LogP contribution in [0.4, 0.5) is 21.6 Å². The van der Waals surface area contributed by atoms with Gasteiger partial charge in [-0.15, -0.1) is 5.10 Å². The molecule has 5 N–H and O–H groups in total. The van der Waals surface area contributed by atoms with Crippen molar-refractivity contribution < 1.29 is 33.0 Å². The molecule has 1 saturated heterocycles. The minimum atomic E-state index is -1.07. The Bertz CT molecular complexity index is 2870. The molecule has 3 atom stereocenters. The van der Waals surface area contributed by atoms with Gasteiger partial charge in [-0.05, 0) is 68.0 Å². The first-order chi connectivity index (χ1) is 31.5. The number of imide groups is 1. The number of ether oxygens (including phenoxy) is 2. The molecule has 21 heteroatoms. The van der Waals surface area contributed by atoms with Gasteiger partial charge in [-0.25, -0.2) is 23.7 Å². The van der Waals surface area contributed by atoms with Gasteiger partial charge in [0.2, 0.25) is 11.8 Å². The molecule has 1 unspecified atom stereocenters. The quantitative estimate of drug-likeness (QED) is 0.0548. The zero-order valence-electron chi connectivity index (χ0n) is 35.8. The molecular weight excluding hydrogens is 844 g/mol. The Morgan fingerprint density at radius 2 is 1.71 bits per heavy atom. The number of nitrogens with zero attached hydrogens (tertiary/aromatic N) is 7. The average molecular weight is 893 g/mol. The summed E-state index contributed by atoms with van der Waals surface area (Å²) in [6, 6.07) is 12.4. The Morgan fingerprint density at radius 1 is 0.923 bits per heavy atom. The van der Waals surface area contributed by atoms with Crippen molar-refractivity contribution in [2.45, 2.75) is 63.2 Å². The third kappa shape index (κ3) is 9.80. The van der Waals surface area contributed by atoms with Crippen LogP contribution in [0.3, 0.4) is 0 Å². The van der Waals surface area contributed by atoms with Crippen LogP contribution in [0.25, 0.3) is 22.5 Å². The third-order valence-corrected chi connectivity index (χ3v) is 11.2. The van der Waals surface area contributed by atoms with Crippen molar-refractivity contribution in [1.29, 1.82) is 0 Å². The number of aryl methyl sites for hydroxylation is 2. The number of anilines is 3. The van der Waals surface area contributed by atoms with E-state index in [-0.39, 0.29) is 59.8 Å². The molecule has 5 aromatic heterocycles. The normalized spacial score (nSPS) is 17.0. The molecule has 2 aliphatic rings. The maximum Gasteiger partial charge on any atom is 0.329 e. The Morgan fingerprint density at radius 3 is 2.45 bits per heavy atom. The molecule has 340 valence electrons. The Balaban J connectivity index is 0.741. The van der Waals surface area contributed by atoms with Crippen LogP contribution >= 0.6 is 0 Å². The first kappa shape index (κ1) is 44.4. The lowest BCUT2D eigenvalue weighted by atomic mass is 10.0. The summed E-state index contributed by atoms with van der Waals surface area (Å²) in [4.78, 5) is 85.2. The highest BCUT2D eigenvalue weighted by atomic mass is 19.1. The van der Waals surface area contributed by atoms with Crippen LogP contribution in [0, 0.1) is 0 Å². The molecule has 1 aromatic carbocycles. The summed E-state index contributed by atoms with van der Waals surface area (Å²) >= 11 is 0. The first-order valence-corrected chi connectivity index (χ1v) is 21.4. The van der Waals surface area contributed by atoms with E-state index in [1.807, 2.05) is 18.2 Å². The number of aromatic nitrogens is 7. The average Bonchev–Trinajstić information content (AvgIpc) is 3.70. The topological polar surface area (TPSA) is 239 Å². The number of carbonyl (C=O) groups excluding carboxylic acids is 4. The van der Waals surface area contributed by atoms with E-state index in [1.165, 1.54) is 26.0 Å². The number of para-hydroxylation sites is 1. The molecular formula is C44H49FN12O8. The number of nitrogens with one attached hydrogen (secondary N) is 5. The Kier molecular flexibility index (Phi) is 13.4. The van der Waals surface area contributed by atoms with Gasteiger partial charge in [-0.1, -0.05) is 12.1 Å². The van der Waals surface area contributed by atoms with Crippen molar-refractivity contribution in [3.05, 3.63) is 105 Å². The van der Waals surface area contributed by atoms with E-state index >= 15 is 0 Å². The van der Waals surface area contributed by atoms with Crippen molar-refractivity contribution in [3.8, 4) is 5.82 Å². The van der Waals surface area contributed by atoms with Gasteiger partial charge in [0.1, 0.15) is 23.7 Å². The van der Waals surface area contributed by atoms with E-state index in [0.29, 0.717) is 74.6 Å². The van der Waals surface area contributed by atoms with Crippen molar-refractivity contribution >= 4 is 57.5 Å². The number of imidazole rings is 2. The van der Waals surface area contributed by atoms with Crippen LogP contribution in [0.2, 0.25) is 0 Å². The summed E-state index contributed by atoms with van der Waals surface area (Å²) in [6.07, 6.45) is 6.67. The zero-order valence-corrected chi connectivity index (χ0v) is 35.8. The van der Waals surface area contributed by atoms with Gasteiger partial charge in [0.15, 0.2) is 17.2 Å². The SMILES string of the molecule is CNc1cc(Nc2cccn(-c3ccc(C(=O)NCCCOCCCOCCCc4cccc5c4n(C)c(=O)n5C4CCC(=O)NC4=O)cn3)c2=O)nn2c(C(=O)N[C@@H]3C[C@@H]3F)cnc12. The largest absolute Gasteiger partial charge is 0.385 e. The van der Waals surface area contributed by atoms with E-state index in [4.69, 9.17) is 9.47 Å². The van der Waals surface area contributed by atoms with Crippen LogP contribution in [0.1, 0.15) is 71.0 Å². The highest BCUT2D eigenvalue weighted by molar-refractivity contribution is 6.00. The number of pyridine rings is 2. The molecule has 0 radical (unpaired) electrons. The van der Waals surface area contributed by atoms with E-state index in [0.717, 1.165) is 17.5 Å². The van der Waals surface area contributed by atoms with E-state index in [2.05, 4.69) is 41.7 Å². The minimum absolute atomic E-state index is 0.112. The van der Waals surface area contributed by atoms with Gasteiger partial charge in [0.05, 0.1) is 34.5 Å². The third-order valence-electron chi connectivity index (χ3n) is 11.2. The van der Waals surface area contributed by atoms with E-state index < -0.39 is 35.6 Å². The predicted molar refractivity (Wildman–Crippen MR) is 237 cm³/mol. The second-order valence-electron chi connectivity index (χ2n) is 15.8. The van der Waals surface area contributed by atoms with Crippen LogP contribution in [-0.4, -0.2) is 109 Å². The van der Waals surface area contributed by atoms with Crippen LogP contribution < -0.4 is 37.8 Å². The molecule has 6 aromatic rings. The van der Waals surface area contributed by atoms with E-state index in [9.17, 15) is 33.2 Å². The van der Waals surface area contributed by atoms with Gasteiger partial charge in [-0.2, -0.15) is 0 Å². The summed E-state index contributed by atoms with van der Waals surface area (Å²) in [5.74, 6) is -1.09. The molecule has 1 saturated carbocycles. The van der Waals surface area contributed by atoms with Crippen LogP contribution in [0.5, 0.6) is 0 Å². The van der Waals surface area contributed by atoms with Gasteiger partial charge in [0.25, 0.3) is 17.4 Å². The monoisotopic (exact) mass is 892 g/mol. The number of piperidine rings is 1. The molecule has 1 aliphatic heterocycles. The molecule has 8 rings (SSSR count). The number of amides is 4. The molecule has 0 spiro atoms. The van der Waals surface area contributed by atoms with Crippen molar-refractivity contribution in [1.82, 2.24) is 49.2 Å². The highest BCUT2D eigenvalue weighted by Crippen LogP contribution is 2.27. The lowest BCUT2D eigenvalue weighted by Gasteiger charge is -2.21. The van der Waals surface area contributed by atoms with E-state index in [1.54, 1.807) is 55.2 Å². The summed E-state index contributed by atoms with van der Waals surface area (Å²) in [5, 5.41) is 18.3. The Hall–Kier alpha value is -7.26. The van der Waals surface area contributed by atoms with Gasteiger partial charge < -0.3 is 30.7 Å². The maximum atomic E-state index is 13.6. The molecule has 2 fully saturated rings. The fraction of sp³-hybridized carbons (Fsp3) is 0.386. The van der Waals surface area contributed by atoms with Gasteiger partial charge in [-0.3, -0.25) is 43.0 Å². The molecule has 4 amide bonds. The molecule has 6 heterocycles. The van der Waals surface area contributed by atoms with Gasteiger partial charge in [0, 0.05) is 78.4 Å². The fourth-order valence-electron chi connectivity index (χ4n) is 7.76. The molecule has 20 nitrogen and oxygen atoms in total. The number of hydrogen-bond acceptors (Lipinski definition) is 13. The molecule has 1 aliphatic carbocycles. The second-order valence-corrected chi connectivity index (χ2v) is 15.8. The zero-order chi connectivity index (χ0) is 45.6. The number of fused-ring (bicyclic) bond motifs is 2. The second kappa shape index (κ2) is 19.6. The summed E-state index contributed by atoms with van der Waals surface area (Å²) in [6.45, 7) is 2.38. The standard InChI is InChI=1S/C44H49FN12O8/c1-46-31-23-35(53-57-34(25-49-39(31)57)42(61)51-30-22-28(30)45)50-29-10-4-17-55(43(29)62)36-14-12-27(24-48-36)40(59)47-16-6-19-65-21-7-20-64-18-5-9-26-8-3-11-32-38(26)54(2)44(63)56(32)33-13-15-37(58)52-41(33)60/h3-4,8,10-12,14,17,23-25,28,30,33,46H,5-7,9,13,15-16,18-22H2,1-2H3,(H,47,59)(H,50,53)(H,51,61)(H,52,58,60)/t28-,30+,33?/m0/s1. The van der Waals surface area contributed by atoms with Crippen LogP contribution in [-0.2, 0) is 32.5 Å². The molecule has 65 heavy (non-hydrogen) atoms. The maximum absolute atomic E-state index is 13.6. The van der Waals surface area contributed by atoms with Crippen LogP contribution in [0.15, 0.2) is 76.7 Å². The lowest BCUT2D eigenvalue weighted by molar-refractivity contribution is -0.135. The van der Waals surface area contributed by atoms with Crippen molar-refractivity contribution in [2.24, 2.45) is 7.05 Å². The number of carbonyl (C=O) groups is 4. The summed E-state index contributed by atoms with van der Waals surface area (Å²) in [5.41, 5.74) is 3.19. The number of alkyl halides is 1. The smallest absolute Gasteiger partial charge is 0.329 e. The summed E-state index contributed by atoms with van der Waals surface area (Å²) in [7, 11) is 3.38. The predicted octanol–water partition coefficient (Wildman–Crippen LogP) is 2.71. The van der Waals surface area contributed by atoms with Crippen molar-refractivity contribution in [2.75, 3.05) is 50.7 Å². The summed E-state index contributed by atoms with van der Waals surface area (Å²) < 4.78 is 30.7.